The second kappa shape index (κ2) is 8.12. The standard InChI is InChI=1S/C21H24N2O4/c1-4-26-18-8-6-5-7-16(18)12-22-21(25)15(3)23-17-11-14(2)9-10-19(17)27-13-20(23)24/h5-11,15H,4,12-13H2,1-3H3,(H,22,25). The smallest absolute Gasteiger partial charge is 0.265 e. The van der Waals surface area contributed by atoms with Gasteiger partial charge >= 0.3 is 0 Å². The summed E-state index contributed by atoms with van der Waals surface area (Å²) in [5.41, 5.74) is 2.52. The van der Waals surface area contributed by atoms with Crippen molar-refractivity contribution in [2.75, 3.05) is 18.1 Å². The third kappa shape index (κ3) is 4.05. The Morgan fingerprint density at radius 1 is 1.30 bits per heavy atom. The highest BCUT2D eigenvalue weighted by molar-refractivity contribution is 6.03. The van der Waals surface area contributed by atoms with Gasteiger partial charge in [0.25, 0.3) is 5.91 Å². The van der Waals surface area contributed by atoms with Gasteiger partial charge in [-0.25, -0.2) is 0 Å². The van der Waals surface area contributed by atoms with E-state index in [4.69, 9.17) is 9.47 Å². The minimum Gasteiger partial charge on any atom is -0.494 e. The third-order valence-corrected chi connectivity index (χ3v) is 4.49. The van der Waals surface area contributed by atoms with Crippen molar-refractivity contribution < 1.29 is 19.1 Å². The summed E-state index contributed by atoms with van der Waals surface area (Å²) in [6, 6.07) is 12.5. The van der Waals surface area contributed by atoms with Gasteiger partial charge in [0.2, 0.25) is 5.91 Å². The molecule has 2 amide bonds. The van der Waals surface area contributed by atoms with E-state index >= 15 is 0 Å². The van der Waals surface area contributed by atoms with E-state index in [1.807, 2.05) is 56.3 Å². The van der Waals surface area contributed by atoms with Gasteiger partial charge in [0.05, 0.1) is 12.3 Å². The average Bonchev–Trinajstić information content (AvgIpc) is 2.66. The van der Waals surface area contributed by atoms with Crippen molar-refractivity contribution in [3.05, 3.63) is 53.6 Å². The van der Waals surface area contributed by atoms with Crippen LogP contribution in [0.15, 0.2) is 42.5 Å². The summed E-state index contributed by atoms with van der Waals surface area (Å²) in [5.74, 6) is 0.896. The molecule has 142 valence electrons. The summed E-state index contributed by atoms with van der Waals surface area (Å²) in [6.07, 6.45) is 0. The maximum Gasteiger partial charge on any atom is 0.265 e. The van der Waals surface area contributed by atoms with E-state index in [0.717, 1.165) is 16.9 Å². The average molecular weight is 368 g/mol. The monoisotopic (exact) mass is 368 g/mol. The zero-order valence-electron chi connectivity index (χ0n) is 15.8. The summed E-state index contributed by atoms with van der Waals surface area (Å²) in [4.78, 5) is 26.7. The summed E-state index contributed by atoms with van der Waals surface area (Å²) in [7, 11) is 0. The van der Waals surface area contributed by atoms with Gasteiger partial charge in [-0.3, -0.25) is 14.5 Å². The molecular formula is C21H24N2O4. The Morgan fingerprint density at radius 3 is 2.85 bits per heavy atom. The van der Waals surface area contributed by atoms with Crippen LogP contribution in [0.4, 0.5) is 5.69 Å². The molecule has 1 N–H and O–H groups in total. The lowest BCUT2D eigenvalue weighted by molar-refractivity contribution is -0.127. The third-order valence-electron chi connectivity index (χ3n) is 4.49. The van der Waals surface area contributed by atoms with Crippen molar-refractivity contribution in [1.29, 1.82) is 0 Å². The first kappa shape index (κ1) is 18.8. The van der Waals surface area contributed by atoms with E-state index in [0.29, 0.717) is 24.6 Å². The van der Waals surface area contributed by atoms with Crippen LogP contribution < -0.4 is 19.7 Å². The van der Waals surface area contributed by atoms with Gasteiger partial charge in [0.15, 0.2) is 6.61 Å². The van der Waals surface area contributed by atoms with Crippen molar-refractivity contribution in [2.45, 2.75) is 33.4 Å². The number of anilines is 1. The van der Waals surface area contributed by atoms with Gasteiger partial charge < -0.3 is 14.8 Å². The van der Waals surface area contributed by atoms with Crippen LogP contribution in [0.2, 0.25) is 0 Å². The summed E-state index contributed by atoms with van der Waals surface area (Å²) >= 11 is 0. The fourth-order valence-electron chi connectivity index (χ4n) is 3.10. The number of nitrogens with one attached hydrogen (secondary N) is 1. The van der Waals surface area contributed by atoms with Crippen LogP contribution in [-0.4, -0.2) is 31.1 Å². The molecule has 27 heavy (non-hydrogen) atoms. The second-order valence-corrected chi connectivity index (χ2v) is 6.46. The Hall–Kier alpha value is -3.02. The lowest BCUT2D eigenvalue weighted by Gasteiger charge is -2.33. The van der Waals surface area contributed by atoms with Crippen molar-refractivity contribution in [2.24, 2.45) is 0 Å². The Bertz CT molecular complexity index is 850. The fraction of sp³-hybridized carbons (Fsp3) is 0.333. The largest absolute Gasteiger partial charge is 0.494 e. The van der Waals surface area contributed by atoms with Gasteiger partial charge in [-0.1, -0.05) is 24.3 Å². The fourth-order valence-corrected chi connectivity index (χ4v) is 3.10. The van der Waals surface area contributed by atoms with Crippen LogP contribution in [0.25, 0.3) is 0 Å². The predicted octanol–water partition coefficient (Wildman–Crippen LogP) is 2.82. The number of amides is 2. The number of para-hydroxylation sites is 1. The zero-order valence-corrected chi connectivity index (χ0v) is 15.8. The van der Waals surface area contributed by atoms with Crippen LogP contribution in [-0.2, 0) is 16.1 Å². The van der Waals surface area contributed by atoms with Gasteiger partial charge in [-0.2, -0.15) is 0 Å². The minimum atomic E-state index is -0.652. The molecule has 1 aliphatic rings. The van der Waals surface area contributed by atoms with E-state index < -0.39 is 6.04 Å². The van der Waals surface area contributed by atoms with E-state index in [9.17, 15) is 9.59 Å². The summed E-state index contributed by atoms with van der Waals surface area (Å²) < 4.78 is 11.1. The SMILES string of the molecule is CCOc1ccccc1CNC(=O)C(C)N1C(=O)COc2ccc(C)cc21. The molecule has 1 heterocycles. The quantitative estimate of drug-likeness (QED) is 0.851. The molecule has 3 rings (SSSR count). The molecule has 0 saturated carbocycles. The molecule has 0 fully saturated rings. The first-order valence-corrected chi connectivity index (χ1v) is 9.05. The summed E-state index contributed by atoms with van der Waals surface area (Å²) in [5, 5.41) is 2.91. The highest BCUT2D eigenvalue weighted by atomic mass is 16.5. The van der Waals surface area contributed by atoms with E-state index in [2.05, 4.69) is 5.32 Å². The predicted molar refractivity (Wildman–Crippen MR) is 103 cm³/mol. The number of rotatable bonds is 6. The van der Waals surface area contributed by atoms with Crippen molar-refractivity contribution in [3.8, 4) is 11.5 Å². The van der Waals surface area contributed by atoms with E-state index in [1.54, 1.807) is 6.92 Å². The molecule has 0 aliphatic carbocycles. The van der Waals surface area contributed by atoms with Crippen molar-refractivity contribution in [3.63, 3.8) is 0 Å². The molecule has 0 bridgehead atoms. The molecule has 0 saturated heterocycles. The highest BCUT2D eigenvalue weighted by Crippen LogP contribution is 2.34. The van der Waals surface area contributed by atoms with Crippen LogP contribution in [0, 0.1) is 6.92 Å². The number of aryl methyl sites for hydroxylation is 1. The molecule has 1 aliphatic heterocycles. The number of ether oxygens (including phenoxy) is 2. The van der Waals surface area contributed by atoms with Crippen molar-refractivity contribution >= 4 is 17.5 Å². The maximum absolute atomic E-state index is 12.7. The van der Waals surface area contributed by atoms with Crippen LogP contribution >= 0.6 is 0 Å². The van der Waals surface area contributed by atoms with Crippen LogP contribution in [0.5, 0.6) is 11.5 Å². The van der Waals surface area contributed by atoms with Crippen LogP contribution in [0.3, 0.4) is 0 Å². The lowest BCUT2D eigenvalue weighted by Crippen LogP contribution is -2.51. The van der Waals surface area contributed by atoms with Gasteiger partial charge in [-0.15, -0.1) is 0 Å². The Balaban J connectivity index is 1.75. The lowest BCUT2D eigenvalue weighted by atomic mass is 10.1. The number of hydrogen-bond acceptors (Lipinski definition) is 4. The Morgan fingerprint density at radius 2 is 2.07 bits per heavy atom. The number of carbonyl (C=O) groups is 2. The van der Waals surface area contributed by atoms with E-state index in [-0.39, 0.29) is 18.4 Å². The highest BCUT2D eigenvalue weighted by Gasteiger charge is 2.33. The molecular weight excluding hydrogens is 344 g/mol. The first-order chi connectivity index (χ1) is 13.0. The molecule has 6 nitrogen and oxygen atoms in total. The number of hydrogen-bond donors (Lipinski definition) is 1. The Kier molecular flexibility index (Phi) is 5.64. The number of fused-ring (bicyclic) bond motifs is 1. The minimum absolute atomic E-state index is 0.0686. The molecule has 0 aromatic heterocycles. The zero-order chi connectivity index (χ0) is 19.4. The maximum atomic E-state index is 12.7. The second-order valence-electron chi connectivity index (χ2n) is 6.46. The molecule has 2 aromatic rings. The van der Waals surface area contributed by atoms with Gasteiger partial charge in [0, 0.05) is 12.1 Å². The van der Waals surface area contributed by atoms with Gasteiger partial charge in [-0.05, 0) is 44.5 Å². The molecule has 1 atom stereocenters. The van der Waals surface area contributed by atoms with E-state index in [1.165, 1.54) is 4.90 Å². The summed E-state index contributed by atoms with van der Waals surface area (Å²) in [6.45, 7) is 6.39. The molecule has 1 unspecified atom stereocenters. The van der Waals surface area contributed by atoms with Crippen LogP contribution in [0.1, 0.15) is 25.0 Å². The molecule has 0 radical (unpaired) electrons. The molecule has 0 spiro atoms. The number of nitrogens with zero attached hydrogens (tertiary/aromatic N) is 1. The van der Waals surface area contributed by atoms with Crippen molar-refractivity contribution in [1.82, 2.24) is 5.32 Å². The number of carbonyl (C=O) groups excluding carboxylic acids is 2. The molecule has 2 aromatic carbocycles. The molecule has 6 heteroatoms. The normalized spacial score (nSPS) is 14.2. The Labute approximate surface area is 159 Å². The first-order valence-electron chi connectivity index (χ1n) is 9.05. The van der Waals surface area contributed by atoms with Gasteiger partial charge in [0.1, 0.15) is 17.5 Å². The topological polar surface area (TPSA) is 67.9 Å². The number of benzene rings is 2.